The minimum absolute atomic E-state index is 0.212. The van der Waals surface area contributed by atoms with Crippen molar-refractivity contribution in [2.75, 3.05) is 12.4 Å². The van der Waals surface area contributed by atoms with Crippen LogP contribution < -0.4 is 15.6 Å². The molecule has 0 bridgehead atoms. The maximum atomic E-state index is 13.4. The quantitative estimate of drug-likeness (QED) is 0.305. The second-order valence-electron chi connectivity index (χ2n) is 8.39. The van der Waals surface area contributed by atoms with Crippen LogP contribution in [0.1, 0.15) is 19.4 Å². The van der Waals surface area contributed by atoms with E-state index in [4.69, 9.17) is 27.9 Å². The molecule has 3 aromatic heterocycles. The van der Waals surface area contributed by atoms with E-state index in [0.717, 1.165) is 10.8 Å². The monoisotopic (exact) mass is 549 g/mol. The molecule has 1 unspecified atom stereocenters. The Labute approximate surface area is 226 Å². The lowest BCUT2D eigenvalue weighted by Crippen LogP contribution is -2.32. The number of fused-ring (bicyclic) bond motifs is 1. The molecule has 5 aromatic rings. The zero-order valence-electron chi connectivity index (χ0n) is 20.3. The summed E-state index contributed by atoms with van der Waals surface area (Å²) in [5, 5.41) is 20.9. The Bertz CT molecular complexity index is 1720. The number of aromatic nitrogens is 6. The minimum Gasteiger partial charge on any atom is -0.495 e. The van der Waals surface area contributed by atoms with E-state index in [9.17, 15) is 9.59 Å². The zero-order chi connectivity index (χ0) is 26.8. The van der Waals surface area contributed by atoms with Crippen molar-refractivity contribution < 1.29 is 9.53 Å². The Morgan fingerprint density at radius 2 is 1.82 bits per heavy atom. The van der Waals surface area contributed by atoms with Crippen molar-refractivity contribution in [1.29, 1.82) is 0 Å². The van der Waals surface area contributed by atoms with Crippen LogP contribution in [0.5, 0.6) is 5.75 Å². The second kappa shape index (κ2) is 10.6. The molecular weight excluding hydrogens is 529 g/mol. The normalized spacial score (nSPS) is 11.9. The van der Waals surface area contributed by atoms with E-state index in [0.29, 0.717) is 39.7 Å². The summed E-state index contributed by atoms with van der Waals surface area (Å²) in [5.41, 5.74) is 1.84. The number of nitrogens with zero attached hydrogens (tertiary/aromatic N) is 6. The van der Waals surface area contributed by atoms with Gasteiger partial charge < -0.3 is 10.1 Å². The number of amides is 1. The van der Waals surface area contributed by atoms with E-state index in [2.05, 4.69) is 25.8 Å². The molecule has 1 amide bonds. The van der Waals surface area contributed by atoms with E-state index in [1.54, 1.807) is 48.9 Å². The van der Waals surface area contributed by atoms with Gasteiger partial charge in [-0.3, -0.25) is 14.2 Å². The average molecular weight is 550 g/mol. The highest BCUT2D eigenvalue weighted by Crippen LogP contribution is 2.35. The van der Waals surface area contributed by atoms with Gasteiger partial charge in [-0.05, 0) is 36.8 Å². The largest absolute Gasteiger partial charge is 0.495 e. The lowest BCUT2D eigenvalue weighted by Gasteiger charge is -2.21. The fraction of sp³-hybridized carbons (Fsp3) is 0.154. The molecule has 0 aliphatic carbocycles. The van der Waals surface area contributed by atoms with Crippen LogP contribution in [-0.2, 0) is 4.79 Å². The molecule has 0 saturated heterocycles. The number of carbonyl (C=O) groups is 1. The van der Waals surface area contributed by atoms with Gasteiger partial charge in [-0.2, -0.15) is 10.2 Å². The van der Waals surface area contributed by atoms with Crippen LogP contribution in [0.2, 0.25) is 10.2 Å². The first-order chi connectivity index (χ1) is 18.4. The summed E-state index contributed by atoms with van der Waals surface area (Å²) in [6.45, 7) is 1.83. The van der Waals surface area contributed by atoms with Crippen molar-refractivity contribution in [1.82, 2.24) is 29.8 Å². The lowest BCUT2D eigenvalue weighted by molar-refractivity contribution is -0.119. The number of benzene rings is 2. The fourth-order valence-electron chi connectivity index (χ4n) is 4.24. The molecule has 3 heterocycles. The van der Waals surface area contributed by atoms with E-state index in [-0.39, 0.29) is 16.6 Å². The van der Waals surface area contributed by atoms with Crippen molar-refractivity contribution in [3.63, 3.8) is 0 Å². The van der Waals surface area contributed by atoms with E-state index in [1.807, 2.05) is 13.0 Å². The maximum Gasteiger partial charge on any atom is 0.252 e. The Kier molecular flexibility index (Phi) is 7.08. The SMILES string of the molecule is CCC(C(=O)Nc1ccc2cnncc2c1)n1cc(OC)c(-c2cc(Cl)ccc2-n2cc(Cl)nn2)cc1=O. The van der Waals surface area contributed by atoms with Crippen molar-refractivity contribution in [2.45, 2.75) is 19.4 Å². The summed E-state index contributed by atoms with van der Waals surface area (Å²) < 4.78 is 8.50. The number of hydrogen-bond donors (Lipinski definition) is 1. The van der Waals surface area contributed by atoms with Gasteiger partial charge in [0.05, 0.1) is 37.6 Å². The number of nitrogens with one attached hydrogen (secondary N) is 1. The molecule has 5 rings (SSSR count). The summed E-state index contributed by atoms with van der Waals surface area (Å²) in [7, 11) is 1.49. The van der Waals surface area contributed by atoms with E-state index >= 15 is 0 Å². The molecule has 1 N–H and O–H groups in total. The van der Waals surface area contributed by atoms with Gasteiger partial charge in [0.2, 0.25) is 5.91 Å². The molecule has 0 saturated carbocycles. The summed E-state index contributed by atoms with van der Waals surface area (Å²) in [4.78, 5) is 26.7. The van der Waals surface area contributed by atoms with Crippen LogP contribution in [0.25, 0.3) is 27.6 Å². The summed E-state index contributed by atoms with van der Waals surface area (Å²) >= 11 is 12.3. The van der Waals surface area contributed by atoms with Crippen LogP contribution in [0.15, 0.2) is 72.0 Å². The third-order valence-corrected chi connectivity index (χ3v) is 6.47. The molecule has 0 fully saturated rings. The molecule has 12 heteroatoms. The van der Waals surface area contributed by atoms with Gasteiger partial charge in [-0.1, -0.05) is 41.4 Å². The van der Waals surface area contributed by atoms with Crippen molar-refractivity contribution in [3.8, 4) is 22.6 Å². The third-order valence-electron chi connectivity index (χ3n) is 6.06. The zero-order valence-corrected chi connectivity index (χ0v) is 21.8. The van der Waals surface area contributed by atoms with Crippen LogP contribution in [-0.4, -0.2) is 42.8 Å². The number of halogens is 2. The predicted molar refractivity (Wildman–Crippen MR) is 145 cm³/mol. The van der Waals surface area contributed by atoms with Crippen molar-refractivity contribution in [3.05, 3.63) is 87.8 Å². The maximum absolute atomic E-state index is 13.4. The predicted octanol–water partition coefficient (Wildman–Crippen LogP) is 4.94. The molecule has 0 aliphatic rings. The Morgan fingerprint density at radius 3 is 2.53 bits per heavy atom. The Morgan fingerprint density at radius 1 is 1.03 bits per heavy atom. The number of ether oxygens (including phenoxy) is 1. The molecule has 38 heavy (non-hydrogen) atoms. The molecular formula is C26H21Cl2N7O3. The first kappa shape index (κ1) is 25.4. The number of rotatable bonds is 7. The average Bonchev–Trinajstić information content (AvgIpc) is 3.35. The molecule has 2 aromatic carbocycles. The molecule has 0 aliphatic heterocycles. The van der Waals surface area contributed by atoms with Crippen LogP contribution in [0, 0.1) is 0 Å². The standard InChI is InChI=1S/C26H21Cl2N7O3/c1-3-21(26(37)31-18-6-4-15-11-29-30-12-16(15)8-18)34-13-23(38-2)20(10-25(34)36)19-9-17(27)5-7-22(19)35-14-24(28)32-33-35/h4-14,21H,3H2,1-2H3,(H,31,37). The highest BCUT2D eigenvalue weighted by Gasteiger charge is 2.23. The van der Waals surface area contributed by atoms with Crippen LogP contribution >= 0.6 is 23.2 Å². The lowest BCUT2D eigenvalue weighted by atomic mass is 10.0. The molecule has 0 spiro atoms. The number of carbonyl (C=O) groups excluding carboxylic acids is 1. The fourth-order valence-corrected chi connectivity index (χ4v) is 4.54. The minimum atomic E-state index is -0.787. The number of methoxy groups -OCH3 is 1. The van der Waals surface area contributed by atoms with Gasteiger partial charge in [-0.25, -0.2) is 4.68 Å². The molecule has 192 valence electrons. The van der Waals surface area contributed by atoms with Gasteiger partial charge in [0.25, 0.3) is 5.56 Å². The Hall–Kier alpha value is -4.28. The molecule has 10 nitrogen and oxygen atoms in total. The number of pyridine rings is 1. The van der Waals surface area contributed by atoms with Crippen molar-refractivity contribution >= 4 is 45.6 Å². The number of anilines is 1. The van der Waals surface area contributed by atoms with Gasteiger partial charge in [-0.15, -0.1) is 5.10 Å². The Balaban J connectivity index is 1.52. The highest BCUT2D eigenvalue weighted by molar-refractivity contribution is 6.31. The van der Waals surface area contributed by atoms with Gasteiger partial charge in [0, 0.05) is 38.7 Å². The van der Waals surface area contributed by atoms with Gasteiger partial charge >= 0.3 is 0 Å². The molecule has 1 atom stereocenters. The number of hydrogen-bond acceptors (Lipinski definition) is 7. The smallest absolute Gasteiger partial charge is 0.252 e. The van der Waals surface area contributed by atoms with Crippen LogP contribution in [0.3, 0.4) is 0 Å². The van der Waals surface area contributed by atoms with Gasteiger partial charge in [0.15, 0.2) is 5.15 Å². The topological polar surface area (TPSA) is 117 Å². The summed E-state index contributed by atoms with van der Waals surface area (Å²) in [5.74, 6) is 0.0290. The van der Waals surface area contributed by atoms with Gasteiger partial charge in [0.1, 0.15) is 11.8 Å². The first-order valence-corrected chi connectivity index (χ1v) is 12.3. The summed E-state index contributed by atoms with van der Waals surface area (Å²) in [6, 6.07) is 11.2. The highest BCUT2D eigenvalue weighted by atomic mass is 35.5. The van der Waals surface area contributed by atoms with Crippen molar-refractivity contribution in [2.24, 2.45) is 0 Å². The second-order valence-corrected chi connectivity index (χ2v) is 9.22. The van der Waals surface area contributed by atoms with E-state index in [1.165, 1.54) is 28.6 Å². The third kappa shape index (κ3) is 4.96. The summed E-state index contributed by atoms with van der Waals surface area (Å²) in [6.07, 6.45) is 6.70. The first-order valence-electron chi connectivity index (χ1n) is 11.6. The van der Waals surface area contributed by atoms with E-state index < -0.39 is 6.04 Å². The van der Waals surface area contributed by atoms with Crippen LogP contribution in [0.4, 0.5) is 5.69 Å². The molecule has 0 radical (unpaired) electrons.